The lowest BCUT2D eigenvalue weighted by atomic mass is 10.2. The van der Waals surface area contributed by atoms with Gasteiger partial charge in [0, 0.05) is 12.2 Å². The Labute approximate surface area is 104 Å². The second-order valence-corrected chi connectivity index (χ2v) is 4.39. The van der Waals surface area contributed by atoms with Crippen LogP contribution in [0, 0.1) is 0 Å². The van der Waals surface area contributed by atoms with Crippen LogP contribution in [0.2, 0.25) is 5.28 Å². The van der Waals surface area contributed by atoms with E-state index in [4.69, 9.17) is 11.6 Å². The van der Waals surface area contributed by atoms with Crippen LogP contribution in [0.4, 0.5) is 19.0 Å². The fraction of sp³-hybridized carbons (Fsp3) is 0.500. The Hall–Kier alpha value is -0.560. The van der Waals surface area contributed by atoms with Gasteiger partial charge in [0.1, 0.15) is 5.82 Å². The molecule has 0 saturated carbocycles. The molecule has 0 amide bonds. The molecular weight excluding hydrogens is 310 g/mol. The van der Waals surface area contributed by atoms with Gasteiger partial charge in [0.2, 0.25) is 5.28 Å². The molecule has 1 aromatic heterocycles. The topological polar surface area (TPSA) is 37.8 Å². The Morgan fingerprint density at radius 3 is 2.75 bits per heavy atom. The highest BCUT2D eigenvalue weighted by molar-refractivity contribution is 9.10. The largest absolute Gasteiger partial charge is 0.391 e. The maximum atomic E-state index is 12.1. The third-order valence-electron chi connectivity index (χ3n) is 1.64. The smallest absolute Gasteiger partial charge is 0.366 e. The van der Waals surface area contributed by atoms with Crippen LogP contribution >= 0.6 is 27.5 Å². The zero-order valence-corrected chi connectivity index (χ0v) is 10.5. The van der Waals surface area contributed by atoms with Crippen LogP contribution in [0.25, 0.3) is 0 Å². The van der Waals surface area contributed by atoms with Gasteiger partial charge in [-0.1, -0.05) is 0 Å². The summed E-state index contributed by atoms with van der Waals surface area (Å²) < 4.78 is 36.7. The highest BCUT2D eigenvalue weighted by Gasteiger charge is 2.30. The minimum Gasteiger partial charge on any atom is -0.366 e. The molecule has 16 heavy (non-hydrogen) atoms. The fourth-order valence-electron chi connectivity index (χ4n) is 1.08. The predicted molar refractivity (Wildman–Crippen MR) is 58.5 cm³/mol. The molecule has 1 aromatic rings. The molecule has 0 aliphatic carbocycles. The Kier molecular flexibility index (Phi) is 4.37. The van der Waals surface area contributed by atoms with Gasteiger partial charge in [0.05, 0.1) is 10.9 Å². The molecule has 1 unspecified atom stereocenters. The molecule has 8 heteroatoms. The molecule has 0 radical (unpaired) electrons. The summed E-state index contributed by atoms with van der Waals surface area (Å²) in [7, 11) is 0. The van der Waals surface area contributed by atoms with Crippen molar-refractivity contribution >= 4 is 33.3 Å². The maximum Gasteiger partial charge on any atom is 0.391 e. The van der Waals surface area contributed by atoms with Gasteiger partial charge >= 0.3 is 6.18 Å². The monoisotopic (exact) mass is 317 g/mol. The van der Waals surface area contributed by atoms with Gasteiger partial charge in [0.15, 0.2) is 0 Å². The first kappa shape index (κ1) is 13.5. The van der Waals surface area contributed by atoms with E-state index in [9.17, 15) is 13.2 Å². The summed E-state index contributed by atoms with van der Waals surface area (Å²) in [5.74, 6) is 0.247. The molecule has 90 valence electrons. The number of aromatic nitrogens is 2. The standard InChI is InChI=1S/C8H8BrClF3N3/c1-4(2-8(11,12)13)15-6-5(9)3-14-7(10)16-6/h3-4H,2H2,1H3,(H,14,15,16). The van der Waals surface area contributed by atoms with Crippen LogP contribution in [0.15, 0.2) is 10.7 Å². The number of rotatable bonds is 3. The van der Waals surface area contributed by atoms with Gasteiger partial charge in [-0.25, -0.2) is 4.98 Å². The highest BCUT2D eigenvalue weighted by atomic mass is 79.9. The third-order valence-corrected chi connectivity index (χ3v) is 2.40. The van der Waals surface area contributed by atoms with Crippen molar-refractivity contribution in [3.8, 4) is 0 Å². The molecule has 0 saturated heterocycles. The van der Waals surface area contributed by atoms with E-state index in [0.717, 1.165) is 0 Å². The van der Waals surface area contributed by atoms with Crippen molar-refractivity contribution in [1.29, 1.82) is 0 Å². The number of nitrogens with one attached hydrogen (secondary N) is 1. The van der Waals surface area contributed by atoms with Crippen LogP contribution in [-0.2, 0) is 0 Å². The number of alkyl halides is 3. The van der Waals surface area contributed by atoms with Crippen LogP contribution in [0.1, 0.15) is 13.3 Å². The number of hydrogen-bond acceptors (Lipinski definition) is 3. The summed E-state index contributed by atoms with van der Waals surface area (Å²) in [5.41, 5.74) is 0. The zero-order valence-electron chi connectivity index (χ0n) is 8.15. The lowest BCUT2D eigenvalue weighted by Gasteiger charge is -2.16. The van der Waals surface area contributed by atoms with Crippen molar-refractivity contribution < 1.29 is 13.2 Å². The number of halogens is 5. The summed E-state index contributed by atoms with van der Waals surface area (Å²) >= 11 is 8.64. The minimum atomic E-state index is -4.21. The Morgan fingerprint density at radius 1 is 1.56 bits per heavy atom. The van der Waals surface area contributed by atoms with Gasteiger partial charge in [0.25, 0.3) is 0 Å². The fourth-order valence-corrected chi connectivity index (χ4v) is 1.52. The Balaban J connectivity index is 2.69. The van der Waals surface area contributed by atoms with E-state index in [1.165, 1.54) is 13.1 Å². The van der Waals surface area contributed by atoms with E-state index in [1.54, 1.807) is 0 Å². The molecule has 3 nitrogen and oxygen atoms in total. The molecule has 0 fully saturated rings. The van der Waals surface area contributed by atoms with Crippen molar-refractivity contribution in [3.63, 3.8) is 0 Å². The van der Waals surface area contributed by atoms with Gasteiger partial charge < -0.3 is 5.32 Å². The van der Waals surface area contributed by atoms with Gasteiger partial charge in [-0.3, -0.25) is 0 Å². The molecule has 0 bridgehead atoms. The normalized spacial score (nSPS) is 13.6. The van der Waals surface area contributed by atoms with Crippen LogP contribution in [-0.4, -0.2) is 22.2 Å². The van der Waals surface area contributed by atoms with E-state index in [1.807, 2.05) is 0 Å². The van der Waals surface area contributed by atoms with Crippen molar-refractivity contribution in [3.05, 3.63) is 16.0 Å². The van der Waals surface area contributed by atoms with E-state index in [-0.39, 0.29) is 11.1 Å². The molecule has 1 atom stereocenters. The van der Waals surface area contributed by atoms with E-state index >= 15 is 0 Å². The van der Waals surface area contributed by atoms with Crippen molar-refractivity contribution in [2.24, 2.45) is 0 Å². The Morgan fingerprint density at radius 2 is 2.19 bits per heavy atom. The third kappa shape index (κ3) is 4.52. The van der Waals surface area contributed by atoms with Crippen LogP contribution in [0.5, 0.6) is 0 Å². The lowest BCUT2D eigenvalue weighted by molar-refractivity contribution is -0.136. The van der Waals surface area contributed by atoms with Crippen LogP contribution in [0.3, 0.4) is 0 Å². The molecule has 0 aromatic carbocycles. The van der Waals surface area contributed by atoms with Crippen molar-refractivity contribution in [1.82, 2.24) is 9.97 Å². The molecule has 0 aliphatic rings. The van der Waals surface area contributed by atoms with Gasteiger partial charge in [-0.15, -0.1) is 0 Å². The Bertz CT molecular complexity index is 372. The number of anilines is 1. The number of nitrogens with zero attached hydrogens (tertiary/aromatic N) is 2. The van der Waals surface area contributed by atoms with Gasteiger partial charge in [-0.05, 0) is 34.5 Å². The molecule has 1 rings (SSSR count). The summed E-state index contributed by atoms with van der Waals surface area (Å²) in [6.45, 7) is 1.41. The average Bonchev–Trinajstić information content (AvgIpc) is 2.08. The molecular formula is C8H8BrClF3N3. The summed E-state index contributed by atoms with van der Waals surface area (Å²) in [6.07, 6.45) is -3.78. The summed E-state index contributed by atoms with van der Waals surface area (Å²) in [6, 6.07) is -0.790. The SMILES string of the molecule is CC(CC(F)(F)F)Nc1nc(Cl)ncc1Br. The predicted octanol–water partition coefficient (Wildman–Crippen LogP) is 3.65. The lowest BCUT2D eigenvalue weighted by Crippen LogP contribution is -2.24. The maximum absolute atomic E-state index is 12.1. The van der Waals surface area contributed by atoms with Gasteiger partial charge in [-0.2, -0.15) is 18.2 Å². The molecule has 0 spiro atoms. The van der Waals surface area contributed by atoms with Crippen LogP contribution < -0.4 is 5.32 Å². The van der Waals surface area contributed by atoms with E-state index < -0.39 is 18.6 Å². The molecule has 1 heterocycles. The number of hydrogen-bond donors (Lipinski definition) is 1. The molecule has 1 N–H and O–H groups in total. The zero-order chi connectivity index (χ0) is 12.3. The summed E-state index contributed by atoms with van der Waals surface area (Å²) in [4.78, 5) is 7.44. The average molecular weight is 319 g/mol. The first-order chi connectivity index (χ1) is 7.28. The minimum absolute atomic E-state index is 0.0232. The van der Waals surface area contributed by atoms with Crippen molar-refractivity contribution in [2.45, 2.75) is 25.6 Å². The second kappa shape index (κ2) is 5.18. The quantitative estimate of drug-likeness (QED) is 0.865. The molecule has 0 aliphatic heterocycles. The van der Waals surface area contributed by atoms with Crippen molar-refractivity contribution in [2.75, 3.05) is 5.32 Å². The summed E-state index contributed by atoms with van der Waals surface area (Å²) in [5, 5.41) is 2.58. The highest BCUT2D eigenvalue weighted by Crippen LogP contribution is 2.25. The second-order valence-electron chi connectivity index (χ2n) is 3.20. The van der Waals surface area contributed by atoms with E-state index in [2.05, 4.69) is 31.2 Å². The first-order valence-corrected chi connectivity index (χ1v) is 5.46. The van der Waals surface area contributed by atoms with E-state index in [0.29, 0.717) is 4.47 Å². The first-order valence-electron chi connectivity index (χ1n) is 4.29.